The van der Waals surface area contributed by atoms with E-state index in [0.717, 1.165) is 11.3 Å². The number of likely N-dealkylation sites (tertiary alicyclic amines) is 1. The predicted octanol–water partition coefficient (Wildman–Crippen LogP) is 2.40. The fraction of sp³-hybridized carbons (Fsp3) is 0.438. The Morgan fingerprint density at radius 3 is 2.91 bits per heavy atom. The molecule has 6 nitrogen and oxygen atoms in total. The van der Waals surface area contributed by atoms with E-state index < -0.39 is 11.9 Å². The number of amides is 1. The number of thiophene rings is 1. The number of carbonyl (C=O) groups excluding carboxylic acids is 1. The standard InChI is InChI=1S/C16H19N3O3S/c20-14-6-5-12(16(21)22)15(13-4-1-11-23-13)19(14)10-3-9-18-8-2-7-17-18/h1-2,4,7-8,11-12,15H,3,5-6,9-10H2,(H,21,22)/t12-,15+/m1/s1. The number of carbonyl (C=O) groups is 2. The molecule has 0 spiro atoms. The number of aromatic nitrogens is 2. The number of aliphatic carboxylic acids is 1. The molecule has 0 aromatic carbocycles. The summed E-state index contributed by atoms with van der Waals surface area (Å²) in [4.78, 5) is 26.7. The highest BCUT2D eigenvalue weighted by Crippen LogP contribution is 2.38. The summed E-state index contributed by atoms with van der Waals surface area (Å²) in [5, 5.41) is 15.6. The number of aryl methyl sites for hydroxylation is 1. The van der Waals surface area contributed by atoms with Gasteiger partial charge in [0.25, 0.3) is 0 Å². The molecule has 0 saturated carbocycles. The predicted molar refractivity (Wildman–Crippen MR) is 86.0 cm³/mol. The van der Waals surface area contributed by atoms with Crippen molar-refractivity contribution < 1.29 is 14.7 Å². The molecule has 3 heterocycles. The van der Waals surface area contributed by atoms with Gasteiger partial charge in [0.15, 0.2) is 0 Å². The zero-order valence-corrected chi connectivity index (χ0v) is 13.5. The van der Waals surface area contributed by atoms with Gasteiger partial charge in [-0.2, -0.15) is 5.10 Å². The molecule has 2 aromatic heterocycles. The molecule has 1 fully saturated rings. The minimum absolute atomic E-state index is 0.0429. The van der Waals surface area contributed by atoms with Gasteiger partial charge in [0.2, 0.25) is 5.91 Å². The summed E-state index contributed by atoms with van der Waals surface area (Å²) in [6, 6.07) is 5.33. The Labute approximate surface area is 138 Å². The summed E-state index contributed by atoms with van der Waals surface area (Å²) in [7, 11) is 0. The van der Waals surface area contributed by atoms with E-state index in [2.05, 4.69) is 5.10 Å². The Bertz CT molecular complexity index is 654. The first kappa shape index (κ1) is 15.7. The number of rotatable bonds is 6. The van der Waals surface area contributed by atoms with E-state index in [1.54, 1.807) is 11.1 Å². The van der Waals surface area contributed by atoms with Gasteiger partial charge in [0, 0.05) is 36.8 Å². The van der Waals surface area contributed by atoms with Crippen LogP contribution in [-0.2, 0) is 16.1 Å². The summed E-state index contributed by atoms with van der Waals surface area (Å²) in [6.45, 7) is 1.26. The first-order valence-corrected chi connectivity index (χ1v) is 8.58. The molecule has 0 bridgehead atoms. The first-order valence-electron chi connectivity index (χ1n) is 7.70. The van der Waals surface area contributed by atoms with Crippen LogP contribution in [0.25, 0.3) is 0 Å². The summed E-state index contributed by atoms with van der Waals surface area (Å²) in [5.74, 6) is -1.31. The van der Waals surface area contributed by atoms with Gasteiger partial charge in [-0.25, -0.2) is 0 Å². The van der Waals surface area contributed by atoms with Gasteiger partial charge < -0.3 is 10.0 Å². The van der Waals surface area contributed by atoms with E-state index in [9.17, 15) is 14.7 Å². The lowest BCUT2D eigenvalue weighted by molar-refractivity contribution is -0.152. The Hall–Kier alpha value is -2.15. The van der Waals surface area contributed by atoms with E-state index in [-0.39, 0.29) is 11.9 Å². The van der Waals surface area contributed by atoms with Crippen molar-refractivity contribution >= 4 is 23.2 Å². The van der Waals surface area contributed by atoms with E-state index >= 15 is 0 Å². The fourth-order valence-electron chi connectivity index (χ4n) is 3.12. The Morgan fingerprint density at radius 1 is 1.39 bits per heavy atom. The molecule has 122 valence electrons. The molecule has 23 heavy (non-hydrogen) atoms. The third-order valence-corrected chi connectivity index (χ3v) is 5.15. The molecule has 1 N–H and O–H groups in total. The highest BCUT2D eigenvalue weighted by Gasteiger charge is 2.40. The van der Waals surface area contributed by atoms with Crippen molar-refractivity contribution in [3.8, 4) is 0 Å². The Balaban J connectivity index is 1.75. The van der Waals surface area contributed by atoms with Crippen LogP contribution in [0.3, 0.4) is 0 Å². The third kappa shape index (κ3) is 3.44. The highest BCUT2D eigenvalue weighted by atomic mass is 32.1. The van der Waals surface area contributed by atoms with Gasteiger partial charge in [0.1, 0.15) is 0 Å². The number of hydrogen-bond donors (Lipinski definition) is 1. The van der Waals surface area contributed by atoms with Gasteiger partial charge in [-0.05, 0) is 30.4 Å². The van der Waals surface area contributed by atoms with Crippen LogP contribution in [0, 0.1) is 5.92 Å². The monoisotopic (exact) mass is 333 g/mol. The molecule has 7 heteroatoms. The number of carboxylic acids is 1. The Kier molecular flexibility index (Phi) is 4.76. The van der Waals surface area contributed by atoms with Gasteiger partial charge in [0.05, 0.1) is 12.0 Å². The van der Waals surface area contributed by atoms with Crippen LogP contribution in [0.15, 0.2) is 36.0 Å². The molecule has 1 amide bonds. The van der Waals surface area contributed by atoms with E-state index in [1.807, 2.05) is 34.5 Å². The second-order valence-electron chi connectivity index (χ2n) is 5.65. The zero-order chi connectivity index (χ0) is 16.2. The molecular weight excluding hydrogens is 314 g/mol. The normalized spacial score (nSPS) is 21.6. The number of piperidine rings is 1. The van der Waals surface area contributed by atoms with E-state index in [4.69, 9.17) is 0 Å². The molecule has 0 aliphatic carbocycles. The zero-order valence-electron chi connectivity index (χ0n) is 12.7. The average molecular weight is 333 g/mol. The van der Waals surface area contributed by atoms with Crippen LogP contribution in [0.2, 0.25) is 0 Å². The lowest BCUT2D eigenvalue weighted by atomic mass is 9.87. The second-order valence-corrected chi connectivity index (χ2v) is 6.63. The van der Waals surface area contributed by atoms with Crippen molar-refractivity contribution in [2.75, 3.05) is 6.54 Å². The minimum Gasteiger partial charge on any atom is -0.481 e. The summed E-state index contributed by atoms with van der Waals surface area (Å²) < 4.78 is 1.82. The van der Waals surface area contributed by atoms with Crippen LogP contribution >= 0.6 is 11.3 Å². The smallest absolute Gasteiger partial charge is 0.308 e. The largest absolute Gasteiger partial charge is 0.481 e. The molecule has 2 atom stereocenters. The first-order chi connectivity index (χ1) is 11.2. The topological polar surface area (TPSA) is 75.4 Å². The van der Waals surface area contributed by atoms with Crippen LogP contribution in [0.5, 0.6) is 0 Å². The fourth-order valence-corrected chi connectivity index (χ4v) is 4.02. The van der Waals surface area contributed by atoms with E-state index in [1.165, 1.54) is 11.3 Å². The van der Waals surface area contributed by atoms with Gasteiger partial charge in [-0.3, -0.25) is 14.3 Å². The lowest BCUT2D eigenvalue weighted by Gasteiger charge is -2.39. The molecule has 0 radical (unpaired) electrons. The number of carboxylic acid groups (broad SMARTS) is 1. The molecule has 2 aromatic rings. The van der Waals surface area contributed by atoms with Crippen LogP contribution in [-0.4, -0.2) is 38.2 Å². The SMILES string of the molecule is O=C(O)[C@@H]1CCC(=O)N(CCCn2cccn2)[C@@H]1c1cccs1. The molecular formula is C16H19N3O3S. The van der Waals surface area contributed by atoms with Crippen molar-refractivity contribution in [3.63, 3.8) is 0 Å². The van der Waals surface area contributed by atoms with Crippen LogP contribution in [0.4, 0.5) is 0 Å². The lowest BCUT2D eigenvalue weighted by Crippen LogP contribution is -2.45. The van der Waals surface area contributed by atoms with E-state index in [0.29, 0.717) is 25.9 Å². The third-order valence-electron chi connectivity index (χ3n) is 4.20. The molecule has 1 aliphatic heterocycles. The van der Waals surface area contributed by atoms with Gasteiger partial charge >= 0.3 is 5.97 Å². The molecule has 1 saturated heterocycles. The number of hydrogen-bond acceptors (Lipinski definition) is 4. The highest BCUT2D eigenvalue weighted by molar-refractivity contribution is 7.10. The van der Waals surface area contributed by atoms with Crippen molar-refractivity contribution in [2.45, 2.75) is 31.8 Å². The summed E-state index contributed by atoms with van der Waals surface area (Å²) >= 11 is 1.51. The maximum absolute atomic E-state index is 12.4. The quantitative estimate of drug-likeness (QED) is 0.881. The molecule has 3 rings (SSSR count). The second kappa shape index (κ2) is 6.95. The van der Waals surface area contributed by atoms with Crippen molar-refractivity contribution in [3.05, 3.63) is 40.8 Å². The van der Waals surface area contributed by atoms with Crippen molar-refractivity contribution in [1.29, 1.82) is 0 Å². The maximum Gasteiger partial charge on any atom is 0.308 e. The van der Waals surface area contributed by atoms with Gasteiger partial charge in [-0.15, -0.1) is 11.3 Å². The van der Waals surface area contributed by atoms with Gasteiger partial charge in [-0.1, -0.05) is 6.07 Å². The maximum atomic E-state index is 12.4. The number of nitrogens with zero attached hydrogens (tertiary/aromatic N) is 3. The van der Waals surface area contributed by atoms with Crippen molar-refractivity contribution in [2.24, 2.45) is 5.92 Å². The van der Waals surface area contributed by atoms with Crippen molar-refractivity contribution in [1.82, 2.24) is 14.7 Å². The summed E-state index contributed by atoms with van der Waals surface area (Å²) in [5.41, 5.74) is 0. The Morgan fingerprint density at radius 2 is 2.26 bits per heavy atom. The molecule has 0 unspecified atom stereocenters. The minimum atomic E-state index is -0.826. The molecule has 1 aliphatic rings. The summed E-state index contributed by atoms with van der Waals surface area (Å²) in [6.07, 6.45) is 5.07. The van der Waals surface area contributed by atoms with Crippen LogP contribution < -0.4 is 0 Å². The average Bonchev–Trinajstić information content (AvgIpc) is 3.21. The van der Waals surface area contributed by atoms with Crippen LogP contribution in [0.1, 0.15) is 30.2 Å².